The molecule has 0 rings (SSSR count). The molecular formula is C10H23N. The van der Waals surface area contributed by atoms with Crippen LogP contribution in [-0.2, 0) is 0 Å². The summed E-state index contributed by atoms with van der Waals surface area (Å²) < 4.78 is 0. The first kappa shape index (κ1) is 11.0. The molecule has 0 radical (unpaired) electrons. The van der Waals surface area contributed by atoms with E-state index in [0.29, 0.717) is 11.0 Å². The van der Waals surface area contributed by atoms with Crippen LogP contribution in [0.5, 0.6) is 0 Å². The molecule has 0 atom stereocenters. The fraction of sp³-hybridized carbons (Fsp3) is 1.00. The molecule has 0 saturated heterocycles. The average Bonchev–Trinajstić information content (AvgIpc) is 1.56. The van der Waals surface area contributed by atoms with Crippen LogP contribution >= 0.6 is 0 Å². The van der Waals surface area contributed by atoms with Crippen LogP contribution in [0.1, 0.15) is 41.0 Å². The van der Waals surface area contributed by atoms with Crippen molar-refractivity contribution in [3.63, 3.8) is 0 Å². The molecule has 0 aromatic carbocycles. The molecule has 1 heteroatoms. The molecule has 0 heterocycles. The number of hydrogen-bond acceptors (Lipinski definition) is 1. The second-order valence-corrected chi connectivity index (χ2v) is 5.44. The number of nitrogens with zero attached hydrogens (tertiary/aromatic N) is 1. The van der Waals surface area contributed by atoms with Gasteiger partial charge in [-0.2, -0.15) is 0 Å². The molecule has 0 aliphatic rings. The lowest BCUT2D eigenvalue weighted by atomic mass is 9.81. The minimum absolute atomic E-state index is 0.318. The highest BCUT2D eigenvalue weighted by molar-refractivity contribution is 4.82. The summed E-state index contributed by atoms with van der Waals surface area (Å²) in [5.41, 5.74) is 0.742. The van der Waals surface area contributed by atoms with Crippen molar-refractivity contribution in [2.24, 2.45) is 5.41 Å². The van der Waals surface area contributed by atoms with Gasteiger partial charge in [-0.15, -0.1) is 0 Å². The summed E-state index contributed by atoms with van der Waals surface area (Å²) in [5.74, 6) is 0. The molecule has 0 spiro atoms. The molecule has 1 nitrogen and oxygen atoms in total. The van der Waals surface area contributed by atoms with E-state index in [2.05, 4.69) is 53.6 Å². The van der Waals surface area contributed by atoms with E-state index < -0.39 is 0 Å². The molecule has 0 aliphatic carbocycles. The van der Waals surface area contributed by atoms with Gasteiger partial charge in [0.1, 0.15) is 0 Å². The van der Waals surface area contributed by atoms with Gasteiger partial charge in [-0.05, 0) is 39.8 Å². The average molecular weight is 157 g/mol. The highest BCUT2D eigenvalue weighted by Gasteiger charge is 2.26. The Hall–Kier alpha value is -0.0400. The Morgan fingerprint density at radius 3 is 1.36 bits per heavy atom. The van der Waals surface area contributed by atoms with Gasteiger partial charge in [0.15, 0.2) is 0 Å². The van der Waals surface area contributed by atoms with Crippen molar-refractivity contribution < 1.29 is 0 Å². The standard InChI is InChI=1S/C10H23N/c1-9(2,3)8-10(4,5)11(6)7/h8H2,1-7H3. The Bertz CT molecular complexity index is 117. The lowest BCUT2D eigenvalue weighted by molar-refractivity contribution is 0.130. The van der Waals surface area contributed by atoms with Gasteiger partial charge in [-0.3, -0.25) is 0 Å². The smallest absolute Gasteiger partial charge is 0.0152 e. The van der Waals surface area contributed by atoms with E-state index >= 15 is 0 Å². The van der Waals surface area contributed by atoms with Gasteiger partial charge in [-0.25, -0.2) is 0 Å². The maximum Gasteiger partial charge on any atom is 0.0152 e. The van der Waals surface area contributed by atoms with Crippen LogP contribution in [0.2, 0.25) is 0 Å². The van der Waals surface area contributed by atoms with Gasteiger partial charge in [0, 0.05) is 5.54 Å². The fourth-order valence-electron chi connectivity index (χ4n) is 1.46. The summed E-state index contributed by atoms with van der Waals surface area (Å²) in [5, 5.41) is 0. The zero-order chi connectivity index (χ0) is 9.28. The molecule has 68 valence electrons. The zero-order valence-electron chi connectivity index (χ0n) is 9.15. The molecular weight excluding hydrogens is 134 g/mol. The van der Waals surface area contributed by atoms with E-state index in [1.54, 1.807) is 0 Å². The summed E-state index contributed by atoms with van der Waals surface area (Å²) >= 11 is 0. The fourth-order valence-corrected chi connectivity index (χ4v) is 1.46. The monoisotopic (exact) mass is 157 g/mol. The minimum Gasteiger partial charge on any atom is -0.304 e. The van der Waals surface area contributed by atoms with Crippen LogP contribution in [-0.4, -0.2) is 24.5 Å². The van der Waals surface area contributed by atoms with E-state index in [4.69, 9.17) is 0 Å². The predicted molar refractivity (Wildman–Crippen MR) is 51.8 cm³/mol. The van der Waals surface area contributed by atoms with Gasteiger partial charge < -0.3 is 4.90 Å². The largest absolute Gasteiger partial charge is 0.304 e. The second-order valence-electron chi connectivity index (χ2n) is 5.44. The van der Waals surface area contributed by atoms with E-state index in [9.17, 15) is 0 Å². The highest BCUT2D eigenvalue weighted by Crippen LogP contribution is 2.29. The third-order valence-corrected chi connectivity index (χ3v) is 2.17. The van der Waals surface area contributed by atoms with Crippen LogP contribution in [0.3, 0.4) is 0 Å². The first-order valence-electron chi connectivity index (χ1n) is 4.33. The second kappa shape index (κ2) is 3.14. The van der Waals surface area contributed by atoms with Crippen molar-refractivity contribution in [3.8, 4) is 0 Å². The van der Waals surface area contributed by atoms with E-state index in [1.807, 2.05) is 0 Å². The van der Waals surface area contributed by atoms with Crippen molar-refractivity contribution in [2.75, 3.05) is 14.1 Å². The molecule has 0 unspecified atom stereocenters. The van der Waals surface area contributed by atoms with E-state index in [0.717, 1.165) is 0 Å². The van der Waals surface area contributed by atoms with Gasteiger partial charge in [0.25, 0.3) is 0 Å². The molecule has 0 N–H and O–H groups in total. The Balaban J connectivity index is 4.13. The SMILES string of the molecule is CN(C)C(C)(C)CC(C)(C)C. The number of rotatable bonds is 2. The highest BCUT2D eigenvalue weighted by atomic mass is 15.1. The molecule has 11 heavy (non-hydrogen) atoms. The molecule has 0 bridgehead atoms. The topological polar surface area (TPSA) is 3.24 Å². The van der Waals surface area contributed by atoms with Crippen molar-refractivity contribution in [2.45, 2.75) is 46.6 Å². The van der Waals surface area contributed by atoms with Crippen molar-refractivity contribution in [1.82, 2.24) is 4.90 Å². The quantitative estimate of drug-likeness (QED) is 0.596. The van der Waals surface area contributed by atoms with Gasteiger partial charge in [-0.1, -0.05) is 20.8 Å². The summed E-state index contributed by atoms with van der Waals surface area (Å²) in [6, 6.07) is 0. The van der Waals surface area contributed by atoms with Crippen molar-refractivity contribution in [1.29, 1.82) is 0 Å². The third kappa shape index (κ3) is 4.41. The minimum atomic E-state index is 0.318. The summed E-state index contributed by atoms with van der Waals surface area (Å²) in [6.45, 7) is 11.4. The molecule has 0 aromatic heterocycles. The first-order chi connectivity index (χ1) is 4.65. The summed E-state index contributed by atoms with van der Waals surface area (Å²) in [6.07, 6.45) is 1.23. The lowest BCUT2D eigenvalue weighted by Gasteiger charge is -2.38. The van der Waals surface area contributed by atoms with E-state index in [-0.39, 0.29) is 0 Å². The van der Waals surface area contributed by atoms with Crippen LogP contribution in [0, 0.1) is 5.41 Å². The van der Waals surface area contributed by atoms with Gasteiger partial charge in [0.05, 0.1) is 0 Å². The van der Waals surface area contributed by atoms with Crippen LogP contribution < -0.4 is 0 Å². The lowest BCUT2D eigenvalue weighted by Crippen LogP contribution is -2.41. The zero-order valence-corrected chi connectivity index (χ0v) is 9.15. The van der Waals surface area contributed by atoms with Crippen LogP contribution in [0.15, 0.2) is 0 Å². The molecule has 0 aromatic rings. The molecule has 0 fully saturated rings. The van der Waals surface area contributed by atoms with Crippen LogP contribution in [0.25, 0.3) is 0 Å². The normalized spacial score (nSPS) is 14.2. The van der Waals surface area contributed by atoms with Gasteiger partial charge in [0.2, 0.25) is 0 Å². The van der Waals surface area contributed by atoms with Crippen molar-refractivity contribution >= 4 is 0 Å². The van der Waals surface area contributed by atoms with Crippen LogP contribution in [0.4, 0.5) is 0 Å². The van der Waals surface area contributed by atoms with Crippen molar-refractivity contribution in [3.05, 3.63) is 0 Å². The predicted octanol–water partition coefficient (Wildman–Crippen LogP) is 2.76. The summed E-state index contributed by atoms with van der Waals surface area (Å²) in [4.78, 5) is 2.29. The summed E-state index contributed by atoms with van der Waals surface area (Å²) in [7, 11) is 4.29. The maximum atomic E-state index is 2.29. The molecule has 0 aliphatic heterocycles. The molecule has 0 saturated carbocycles. The first-order valence-corrected chi connectivity index (χ1v) is 4.33. The van der Waals surface area contributed by atoms with E-state index in [1.165, 1.54) is 6.42 Å². The maximum absolute atomic E-state index is 2.29. The Labute approximate surface area is 71.8 Å². The Morgan fingerprint density at radius 2 is 1.27 bits per heavy atom. The molecule has 0 amide bonds. The Kier molecular flexibility index (Phi) is 3.13. The third-order valence-electron chi connectivity index (χ3n) is 2.17. The Morgan fingerprint density at radius 1 is 0.909 bits per heavy atom. The number of hydrogen-bond donors (Lipinski definition) is 0. The van der Waals surface area contributed by atoms with Gasteiger partial charge >= 0.3 is 0 Å².